The number of halogens is 1. The highest BCUT2D eigenvalue weighted by Crippen LogP contribution is 2.22. The van der Waals surface area contributed by atoms with Crippen LogP contribution in [0.2, 0.25) is 0 Å². The third-order valence-electron chi connectivity index (χ3n) is 3.04. The van der Waals surface area contributed by atoms with E-state index < -0.39 is 5.97 Å². The predicted molar refractivity (Wildman–Crippen MR) is 85.7 cm³/mol. The Balaban J connectivity index is 1.68. The van der Waals surface area contributed by atoms with E-state index in [1.54, 1.807) is 23.5 Å². The smallest absolute Gasteiger partial charge is 0.371 e. The van der Waals surface area contributed by atoms with Crippen LogP contribution in [-0.4, -0.2) is 11.1 Å². The van der Waals surface area contributed by atoms with Crippen molar-refractivity contribution in [3.8, 4) is 0 Å². The number of carboxylic acid groups (broad SMARTS) is 1. The van der Waals surface area contributed by atoms with Crippen LogP contribution in [0.15, 0.2) is 44.6 Å². The molecule has 3 rings (SSSR count). The molecule has 108 valence electrons. The molecule has 0 radical (unpaired) electrons. The van der Waals surface area contributed by atoms with Crippen molar-refractivity contribution >= 4 is 44.2 Å². The Morgan fingerprint density at radius 1 is 1.29 bits per heavy atom. The first kappa shape index (κ1) is 14.3. The molecule has 0 amide bonds. The van der Waals surface area contributed by atoms with Gasteiger partial charge in [-0.05, 0) is 45.8 Å². The second-order valence-electron chi connectivity index (χ2n) is 4.62. The zero-order valence-electron chi connectivity index (χ0n) is 10.9. The normalized spacial score (nSPS) is 11.1. The molecule has 6 heteroatoms. The fourth-order valence-corrected chi connectivity index (χ4v) is 3.51. The molecule has 0 aliphatic carbocycles. The number of benzene rings is 1. The van der Waals surface area contributed by atoms with Gasteiger partial charge < -0.3 is 14.8 Å². The van der Waals surface area contributed by atoms with Crippen LogP contribution in [0.4, 0.5) is 0 Å². The fraction of sp³-hybridized carbons (Fsp3) is 0.133. The van der Waals surface area contributed by atoms with Crippen molar-refractivity contribution in [2.45, 2.75) is 13.1 Å². The van der Waals surface area contributed by atoms with Crippen molar-refractivity contribution in [2.75, 3.05) is 0 Å². The van der Waals surface area contributed by atoms with Gasteiger partial charge in [0.05, 0.1) is 0 Å². The summed E-state index contributed by atoms with van der Waals surface area (Å²) in [7, 11) is 0. The minimum Gasteiger partial charge on any atom is -0.475 e. The quantitative estimate of drug-likeness (QED) is 0.709. The molecule has 0 aliphatic heterocycles. The molecule has 0 atom stereocenters. The van der Waals surface area contributed by atoms with Gasteiger partial charge in [-0.3, -0.25) is 0 Å². The summed E-state index contributed by atoms with van der Waals surface area (Å²) in [5.74, 6) is -1.08. The van der Waals surface area contributed by atoms with E-state index >= 15 is 0 Å². The standard InChI is InChI=1S/C15H12BrNO3S/c16-11-5-12(21-8-11)7-17-6-9-1-2-13-10(3-9)4-14(20-13)15(18)19/h1-5,8,17H,6-7H2,(H,18,19). The first-order valence-electron chi connectivity index (χ1n) is 6.31. The average molecular weight is 366 g/mol. The maximum Gasteiger partial charge on any atom is 0.371 e. The Kier molecular flexibility index (Phi) is 4.10. The Bertz CT molecular complexity index is 793. The number of hydrogen-bond donors (Lipinski definition) is 2. The van der Waals surface area contributed by atoms with Gasteiger partial charge in [0.15, 0.2) is 0 Å². The molecule has 0 unspecified atom stereocenters. The van der Waals surface area contributed by atoms with E-state index in [1.165, 1.54) is 4.88 Å². The largest absolute Gasteiger partial charge is 0.475 e. The SMILES string of the molecule is O=C(O)c1cc2cc(CNCc3cc(Br)cs3)ccc2o1. The molecular weight excluding hydrogens is 354 g/mol. The Morgan fingerprint density at radius 2 is 2.14 bits per heavy atom. The van der Waals surface area contributed by atoms with Crippen molar-refractivity contribution in [1.82, 2.24) is 5.32 Å². The monoisotopic (exact) mass is 365 g/mol. The van der Waals surface area contributed by atoms with Crippen molar-refractivity contribution in [1.29, 1.82) is 0 Å². The maximum atomic E-state index is 10.9. The van der Waals surface area contributed by atoms with E-state index in [9.17, 15) is 4.79 Å². The van der Waals surface area contributed by atoms with Crippen LogP contribution in [0.25, 0.3) is 11.0 Å². The Labute approximate surface area is 133 Å². The van der Waals surface area contributed by atoms with Crippen LogP contribution in [0, 0.1) is 0 Å². The van der Waals surface area contributed by atoms with Gasteiger partial charge in [0.25, 0.3) is 0 Å². The number of hydrogen-bond acceptors (Lipinski definition) is 4. The zero-order valence-corrected chi connectivity index (χ0v) is 13.3. The lowest BCUT2D eigenvalue weighted by Crippen LogP contribution is -2.11. The minimum atomic E-state index is -1.05. The Hall–Kier alpha value is -1.63. The third-order valence-corrected chi connectivity index (χ3v) is 4.74. The van der Waals surface area contributed by atoms with E-state index in [-0.39, 0.29) is 5.76 Å². The van der Waals surface area contributed by atoms with Crippen LogP contribution >= 0.6 is 27.3 Å². The predicted octanol–water partition coefficient (Wildman–Crippen LogP) is 4.24. The van der Waals surface area contributed by atoms with Gasteiger partial charge in [-0.25, -0.2) is 4.79 Å². The topological polar surface area (TPSA) is 62.5 Å². The molecule has 0 aliphatic rings. The molecule has 1 aromatic carbocycles. The summed E-state index contributed by atoms with van der Waals surface area (Å²) in [4.78, 5) is 12.1. The number of carboxylic acids is 1. The lowest BCUT2D eigenvalue weighted by molar-refractivity contribution is 0.0665. The van der Waals surface area contributed by atoms with Crippen LogP contribution in [0.1, 0.15) is 21.0 Å². The number of carbonyl (C=O) groups is 1. The number of nitrogens with one attached hydrogen (secondary N) is 1. The highest BCUT2D eigenvalue weighted by atomic mass is 79.9. The average Bonchev–Trinajstić information content (AvgIpc) is 3.04. The lowest BCUT2D eigenvalue weighted by atomic mass is 10.1. The second kappa shape index (κ2) is 6.01. The summed E-state index contributed by atoms with van der Waals surface area (Å²) in [6.45, 7) is 1.53. The van der Waals surface area contributed by atoms with E-state index in [0.29, 0.717) is 5.58 Å². The summed E-state index contributed by atoms with van der Waals surface area (Å²) in [6.07, 6.45) is 0. The van der Waals surface area contributed by atoms with E-state index in [4.69, 9.17) is 9.52 Å². The van der Waals surface area contributed by atoms with Gasteiger partial charge in [0, 0.05) is 33.2 Å². The van der Waals surface area contributed by atoms with Gasteiger partial charge in [-0.1, -0.05) is 6.07 Å². The van der Waals surface area contributed by atoms with Crippen molar-refractivity contribution in [3.63, 3.8) is 0 Å². The van der Waals surface area contributed by atoms with Crippen molar-refractivity contribution < 1.29 is 14.3 Å². The summed E-state index contributed by atoms with van der Waals surface area (Å²) in [6, 6.07) is 9.34. The Morgan fingerprint density at radius 3 is 2.86 bits per heavy atom. The molecule has 0 saturated carbocycles. The molecule has 2 heterocycles. The third kappa shape index (κ3) is 3.34. The van der Waals surface area contributed by atoms with Crippen LogP contribution in [0.3, 0.4) is 0 Å². The molecule has 21 heavy (non-hydrogen) atoms. The summed E-state index contributed by atoms with van der Waals surface area (Å²) in [5.41, 5.74) is 1.69. The summed E-state index contributed by atoms with van der Waals surface area (Å²) < 4.78 is 6.34. The number of rotatable bonds is 5. The van der Waals surface area contributed by atoms with Crippen molar-refractivity contribution in [3.05, 3.63) is 56.4 Å². The number of aromatic carboxylic acids is 1. The van der Waals surface area contributed by atoms with Gasteiger partial charge in [0.2, 0.25) is 5.76 Å². The highest BCUT2D eigenvalue weighted by molar-refractivity contribution is 9.10. The maximum absolute atomic E-state index is 10.9. The highest BCUT2D eigenvalue weighted by Gasteiger charge is 2.10. The molecule has 4 nitrogen and oxygen atoms in total. The van der Waals surface area contributed by atoms with Crippen molar-refractivity contribution in [2.24, 2.45) is 0 Å². The number of furan rings is 1. The molecule has 0 spiro atoms. The molecule has 2 N–H and O–H groups in total. The lowest BCUT2D eigenvalue weighted by Gasteiger charge is -2.03. The molecule has 0 fully saturated rings. The molecule has 0 bridgehead atoms. The van der Waals surface area contributed by atoms with E-state index in [0.717, 1.165) is 28.5 Å². The van der Waals surface area contributed by atoms with Crippen LogP contribution in [0.5, 0.6) is 0 Å². The molecule has 0 saturated heterocycles. The van der Waals surface area contributed by atoms with E-state index in [1.807, 2.05) is 12.1 Å². The van der Waals surface area contributed by atoms with E-state index in [2.05, 4.69) is 32.7 Å². The first-order chi connectivity index (χ1) is 10.1. The molecule has 3 aromatic rings. The zero-order chi connectivity index (χ0) is 14.8. The molecular formula is C15H12BrNO3S. The van der Waals surface area contributed by atoms with Crippen LogP contribution in [-0.2, 0) is 13.1 Å². The van der Waals surface area contributed by atoms with Crippen LogP contribution < -0.4 is 5.32 Å². The fourth-order valence-electron chi connectivity index (χ4n) is 2.08. The second-order valence-corrected chi connectivity index (χ2v) is 6.53. The number of fused-ring (bicyclic) bond motifs is 1. The van der Waals surface area contributed by atoms with Gasteiger partial charge in [-0.2, -0.15) is 0 Å². The molecule has 2 aromatic heterocycles. The summed E-state index contributed by atoms with van der Waals surface area (Å²) >= 11 is 5.14. The summed E-state index contributed by atoms with van der Waals surface area (Å²) in [5, 5.41) is 15.2. The van der Waals surface area contributed by atoms with Gasteiger partial charge in [-0.15, -0.1) is 11.3 Å². The van der Waals surface area contributed by atoms with Gasteiger partial charge >= 0.3 is 5.97 Å². The minimum absolute atomic E-state index is 0.0291. The van der Waals surface area contributed by atoms with Gasteiger partial charge in [0.1, 0.15) is 5.58 Å². The number of thiophene rings is 1. The first-order valence-corrected chi connectivity index (χ1v) is 7.98.